The average molecular weight is 873 g/mol. The first-order chi connectivity index (χ1) is 31.0. The maximum Gasteiger partial charge on any atom is 0.405 e. The SMILES string of the molecule is C/C(=C(/C)c1ccc(-c2cnc([C@@H]3C[C@H]4CC4N3C(=O)[C@H](NC(=O)O)C3CCOCC3)[nH]2)cc1)c1ccc(-c2cnc([C@@H]3C[C@H]4CC4N3C(=O)[C@H](NC(=O)O)C3CCOCC3)[nH]2)cc1. The number of carboxylic acid groups (broad SMARTS) is 2. The Morgan fingerprint density at radius 1 is 0.609 bits per heavy atom. The number of imidazole rings is 2. The van der Waals surface area contributed by atoms with Crippen molar-refractivity contribution in [2.45, 2.75) is 101 Å². The molecule has 10 rings (SSSR count). The number of carbonyl (C=O) groups is 4. The summed E-state index contributed by atoms with van der Waals surface area (Å²) in [5.74, 6) is 1.71. The zero-order valence-corrected chi connectivity index (χ0v) is 36.2. The van der Waals surface area contributed by atoms with E-state index < -0.39 is 24.3 Å². The lowest BCUT2D eigenvalue weighted by molar-refractivity contribution is -0.138. The van der Waals surface area contributed by atoms with Gasteiger partial charge in [0.15, 0.2) is 0 Å². The van der Waals surface area contributed by atoms with Gasteiger partial charge in [0.1, 0.15) is 23.7 Å². The number of likely N-dealkylation sites (tertiary alicyclic amines) is 2. The van der Waals surface area contributed by atoms with Gasteiger partial charge in [0.05, 0.1) is 35.9 Å². The third-order valence-corrected chi connectivity index (χ3v) is 14.9. The third kappa shape index (κ3) is 8.17. The quantitative estimate of drug-likeness (QED) is 0.0813. The minimum absolute atomic E-state index is 0.105. The van der Waals surface area contributed by atoms with Gasteiger partial charge in [-0.3, -0.25) is 9.59 Å². The molecule has 6 aliphatic rings. The maximum atomic E-state index is 14.1. The highest BCUT2D eigenvalue weighted by Gasteiger charge is 2.58. The Bertz CT molecular complexity index is 2270. The van der Waals surface area contributed by atoms with Gasteiger partial charge in [-0.1, -0.05) is 48.5 Å². The van der Waals surface area contributed by atoms with Gasteiger partial charge in [-0.25, -0.2) is 19.6 Å². The Morgan fingerprint density at radius 3 is 1.34 bits per heavy atom. The summed E-state index contributed by atoms with van der Waals surface area (Å²) < 4.78 is 11.0. The van der Waals surface area contributed by atoms with Crippen LogP contribution in [0.4, 0.5) is 9.59 Å². The van der Waals surface area contributed by atoms with Gasteiger partial charge in [-0.05, 0) is 122 Å². The Labute approximate surface area is 371 Å². The van der Waals surface area contributed by atoms with Crippen LogP contribution in [0, 0.1) is 23.7 Å². The minimum atomic E-state index is -1.19. The van der Waals surface area contributed by atoms with Crippen LogP contribution in [0.2, 0.25) is 0 Å². The molecule has 0 bridgehead atoms. The Kier molecular flexibility index (Phi) is 11.3. The molecule has 4 saturated heterocycles. The molecule has 4 aromatic rings. The maximum absolute atomic E-state index is 14.1. The summed E-state index contributed by atoms with van der Waals surface area (Å²) in [6, 6.07) is 14.9. The summed E-state index contributed by atoms with van der Waals surface area (Å²) in [7, 11) is 0. The van der Waals surface area contributed by atoms with E-state index in [1.165, 1.54) is 0 Å². The first-order valence-corrected chi connectivity index (χ1v) is 22.8. The van der Waals surface area contributed by atoms with Crippen LogP contribution in [0.3, 0.4) is 0 Å². The highest BCUT2D eigenvalue weighted by atomic mass is 16.5. The topological polar surface area (TPSA) is 215 Å². The Hall–Kier alpha value is -6.00. The van der Waals surface area contributed by atoms with Crippen molar-refractivity contribution in [1.82, 2.24) is 40.4 Å². The fourth-order valence-electron chi connectivity index (χ4n) is 11.0. The summed E-state index contributed by atoms with van der Waals surface area (Å²) in [6.45, 7) is 6.32. The fraction of sp³-hybridized carbons (Fsp3) is 0.500. The summed E-state index contributed by atoms with van der Waals surface area (Å²) in [5.41, 5.74) is 8.12. The van der Waals surface area contributed by atoms with Crippen LogP contribution in [0.5, 0.6) is 0 Å². The van der Waals surface area contributed by atoms with E-state index in [1.807, 2.05) is 22.2 Å². The number of nitrogens with one attached hydrogen (secondary N) is 4. The molecule has 0 radical (unpaired) electrons. The van der Waals surface area contributed by atoms with Gasteiger partial charge in [0.2, 0.25) is 11.8 Å². The number of rotatable bonds is 12. The van der Waals surface area contributed by atoms with Crippen LogP contribution in [0.25, 0.3) is 33.7 Å². The highest BCUT2D eigenvalue weighted by molar-refractivity contribution is 5.90. The van der Waals surface area contributed by atoms with Gasteiger partial charge >= 0.3 is 12.2 Å². The van der Waals surface area contributed by atoms with Crippen LogP contribution >= 0.6 is 0 Å². The number of hydrogen-bond donors (Lipinski definition) is 6. The summed E-state index contributed by atoms with van der Waals surface area (Å²) >= 11 is 0. The highest BCUT2D eigenvalue weighted by Crippen LogP contribution is 2.55. The van der Waals surface area contributed by atoms with E-state index in [2.05, 4.69) is 83.0 Å². The smallest absolute Gasteiger partial charge is 0.405 e. The molecule has 4 amide bonds. The van der Waals surface area contributed by atoms with E-state index >= 15 is 0 Å². The van der Waals surface area contributed by atoms with Crippen molar-refractivity contribution in [2.24, 2.45) is 23.7 Å². The van der Waals surface area contributed by atoms with E-state index in [-0.39, 0.29) is 47.8 Å². The number of allylic oxidation sites excluding steroid dienone is 2. The van der Waals surface area contributed by atoms with Gasteiger partial charge in [-0.2, -0.15) is 0 Å². The van der Waals surface area contributed by atoms with Crippen LogP contribution in [0.15, 0.2) is 60.9 Å². The number of fused-ring (bicyclic) bond motifs is 2. The molecule has 0 spiro atoms. The Balaban J connectivity index is 0.803. The van der Waals surface area contributed by atoms with Crippen molar-refractivity contribution >= 4 is 35.1 Å². The lowest BCUT2D eigenvalue weighted by atomic mass is 9.90. The van der Waals surface area contributed by atoms with Crippen LogP contribution in [-0.4, -0.2) is 115 Å². The number of aromatic amines is 2. The van der Waals surface area contributed by atoms with Crippen molar-refractivity contribution in [3.8, 4) is 22.5 Å². The lowest BCUT2D eigenvalue weighted by Gasteiger charge is -2.35. The van der Waals surface area contributed by atoms with E-state index in [0.29, 0.717) is 63.9 Å². The second-order valence-electron chi connectivity index (χ2n) is 18.6. The molecule has 2 saturated carbocycles. The molecule has 336 valence electrons. The molecular weight excluding hydrogens is 817 g/mol. The van der Waals surface area contributed by atoms with Crippen molar-refractivity contribution < 1.29 is 38.9 Å². The van der Waals surface area contributed by atoms with Crippen molar-refractivity contribution in [3.63, 3.8) is 0 Å². The number of hydrogen-bond acceptors (Lipinski definition) is 8. The Morgan fingerprint density at radius 2 is 0.984 bits per heavy atom. The zero-order chi connectivity index (χ0) is 44.2. The first-order valence-electron chi connectivity index (χ1n) is 22.8. The van der Waals surface area contributed by atoms with E-state index in [0.717, 1.165) is 82.1 Å². The predicted molar refractivity (Wildman–Crippen MR) is 235 cm³/mol. The molecule has 16 heteroatoms. The fourth-order valence-corrected chi connectivity index (χ4v) is 11.0. The molecule has 16 nitrogen and oxygen atoms in total. The third-order valence-electron chi connectivity index (χ3n) is 14.9. The number of aromatic nitrogens is 4. The van der Waals surface area contributed by atoms with Gasteiger partial charge in [0, 0.05) is 38.5 Å². The van der Waals surface area contributed by atoms with Gasteiger partial charge in [-0.15, -0.1) is 0 Å². The molecular formula is C48H56N8O8. The average Bonchev–Trinajstić information content (AvgIpc) is 3.90. The second-order valence-corrected chi connectivity index (χ2v) is 18.6. The predicted octanol–water partition coefficient (Wildman–Crippen LogP) is 6.87. The number of carbonyl (C=O) groups excluding carboxylic acids is 2. The molecule has 2 aromatic heterocycles. The number of benzene rings is 2. The van der Waals surface area contributed by atoms with Crippen molar-refractivity contribution in [1.29, 1.82) is 0 Å². The monoisotopic (exact) mass is 872 g/mol. The van der Waals surface area contributed by atoms with Crippen LogP contribution in [0.1, 0.15) is 100 Å². The normalized spacial score (nSPS) is 26.7. The second kappa shape index (κ2) is 17.2. The molecule has 64 heavy (non-hydrogen) atoms. The standard InChI is InChI=1S/C48H56N8O8/c1-25(27-3-7-29(8-4-27)35-23-49-43(51-35)39-21-33-19-37(33)55(39)45(57)41(53-47(59)60)31-11-15-63-16-12-31)26(2)28-5-9-30(10-6-28)36-24-50-44(52-36)40-22-34-20-38(34)56(40)46(58)42(54-48(61)62)32-13-17-64-18-14-32/h3-10,23-24,31-34,37-42,53-54H,11-22H2,1-2H3,(H,49,51)(H,50,52)(H,59,60)(H,61,62)/b26-25+/t33-,34-,37?,38?,39+,40+,41-,42-/m1/s1. The van der Waals surface area contributed by atoms with Crippen molar-refractivity contribution in [2.75, 3.05) is 26.4 Å². The van der Waals surface area contributed by atoms with Crippen LogP contribution in [-0.2, 0) is 19.1 Å². The molecule has 8 atom stereocenters. The number of piperidine rings is 2. The molecule has 4 aliphatic heterocycles. The first kappa shape index (κ1) is 42.0. The molecule has 6 heterocycles. The number of nitrogens with zero attached hydrogens (tertiary/aromatic N) is 4. The molecule has 2 aliphatic carbocycles. The molecule has 2 aromatic carbocycles. The number of amides is 4. The zero-order valence-electron chi connectivity index (χ0n) is 36.2. The van der Waals surface area contributed by atoms with E-state index in [1.54, 1.807) is 0 Å². The summed E-state index contributed by atoms with van der Waals surface area (Å²) in [4.78, 5) is 72.0. The molecule has 6 N–H and O–H groups in total. The largest absolute Gasteiger partial charge is 0.465 e. The summed E-state index contributed by atoms with van der Waals surface area (Å²) in [6.07, 6.45) is 7.30. The number of ether oxygens (including phenoxy) is 2. The summed E-state index contributed by atoms with van der Waals surface area (Å²) in [5, 5.41) is 24.4. The van der Waals surface area contributed by atoms with E-state index in [9.17, 15) is 29.4 Å². The minimum Gasteiger partial charge on any atom is -0.465 e. The molecule has 6 fully saturated rings. The van der Waals surface area contributed by atoms with Crippen LogP contribution < -0.4 is 10.6 Å². The van der Waals surface area contributed by atoms with Crippen molar-refractivity contribution in [3.05, 3.63) is 83.7 Å². The van der Waals surface area contributed by atoms with Gasteiger partial charge < -0.3 is 50.1 Å². The number of H-pyrrole nitrogens is 2. The lowest BCUT2D eigenvalue weighted by Crippen LogP contribution is -2.53. The van der Waals surface area contributed by atoms with E-state index in [4.69, 9.17) is 19.4 Å². The van der Waals surface area contributed by atoms with Gasteiger partial charge in [0.25, 0.3) is 0 Å². The molecule has 2 unspecified atom stereocenters.